The van der Waals surface area contributed by atoms with Gasteiger partial charge in [0, 0.05) is 30.7 Å². The van der Waals surface area contributed by atoms with Gasteiger partial charge in [-0.25, -0.2) is 18.4 Å². The smallest absolute Gasteiger partial charge is 0.238 e. The number of piperazine rings is 1. The lowest BCUT2D eigenvalue weighted by atomic mass is 10.2. The summed E-state index contributed by atoms with van der Waals surface area (Å²) in [6, 6.07) is 10.1. The van der Waals surface area contributed by atoms with Crippen LogP contribution in [0.25, 0.3) is 0 Å². The number of carbonyl (C=O) groups is 2. The highest BCUT2D eigenvalue weighted by Crippen LogP contribution is 2.29. The molecule has 0 unspecified atom stereocenters. The molecule has 14 heteroatoms. The van der Waals surface area contributed by atoms with Crippen molar-refractivity contribution >= 4 is 62.1 Å². The highest BCUT2D eigenvalue weighted by Gasteiger charge is 2.25. The number of hydrogen-bond acceptors (Lipinski definition) is 10. The average molecular weight is 559 g/mol. The van der Waals surface area contributed by atoms with Crippen LogP contribution < -0.4 is 21.3 Å². The van der Waals surface area contributed by atoms with Gasteiger partial charge >= 0.3 is 0 Å². The van der Waals surface area contributed by atoms with Crippen LogP contribution in [-0.2, 0) is 19.4 Å². The molecule has 0 aliphatic carbocycles. The van der Waals surface area contributed by atoms with Gasteiger partial charge in [-0.1, -0.05) is 11.6 Å². The Labute approximate surface area is 225 Å². The van der Waals surface area contributed by atoms with Gasteiger partial charge in [0.1, 0.15) is 5.02 Å². The summed E-state index contributed by atoms with van der Waals surface area (Å²) < 4.78 is 25.4. The van der Waals surface area contributed by atoms with Crippen molar-refractivity contribution in [1.82, 2.24) is 25.2 Å². The van der Waals surface area contributed by atoms with Gasteiger partial charge in [0.05, 0.1) is 30.2 Å². The van der Waals surface area contributed by atoms with E-state index in [9.17, 15) is 18.0 Å². The molecule has 2 aromatic heterocycles. The second kappa shape index (κ2) is 11.7. The van der Waals surface area contributed by atoms with Gasteiger partial charge in [0.15, 0.2) is 20.7 Å². The lowest BCUT2D eigenvalue weighted by Gasteiger charge is -2.25. The Balaban J connectivity index is 1.42. The molecule has 0 radical (unpaired) electrons. The number of amides is 2. The Morgan fingerprint density at radius 1 is 1.13 bits per heavy atom. The first-order valence-corrected chi connectivity index (χ1v) is 13.7. The Bertz CT molecular complexity index is 1430. The fraction of sp³-hybridized carbons (Fsp3) is 0.292. The highest BCUT2D eigenvalue weighted by atomic mass is 35.5. The first kappa shape index (κ1) is 27.2. The zero-order valence-corrected chi connectivity index (χ0v) is 22.3. The van der Waals surface area contributed by atoms with Crippen LogP contribution in [0.3, 0.4) is 0 Å². The monoisotopic (exact) mass is 558 g/mol. The van der Waals surface area contributed by atoms with Crippen molar-refractivity contribution in [2.45, 2.75) is 24.1 Å². The minimum Gasteiger partial charge on any atom is -0.354 e. The molecule has 1 saturated heterocycles. The summed E-state index contributed by atoms with van der Waals surface area (Å²) in [5, 5.41) is 11.0. The van der Waals surface area contributed by atoms with Crippen molar-refractivity contribution in [3.63, 3.8) is 0 Å². The number of anilines is 5. The molecular formula is C24H27ClN8O4S. The molecule has 1 aliphatic heterocycles. The Hall–Kier alpha value is -3.81. The van der Waals surface area contributed by atoms with E-state index in [0.29, 0.717) is 24.5 Å². The second-order valence-corrected chi connectivity index (χ2v) is 11.6. The average Bonchev–Trinajstić information content (AvgIpc) is 2.87. The molecule has 0 saturated carbocycles. The zero-order chi connectivity index (χ0) is 27.3. The number of pyridine rings is 1. The number of aromatic nitrogens is 3. The predicted octanol–water partition coefficient (Wildman–Crippen LogP) is 2.56. The Kier molecular flexibility index (Phi) is 8.39. The normalized spacial score (nSPS) is 14.2. The van der Waals surface area contributed by atoms with Crippen LogP contribution >= 0.6 is 11.6 Å². The molecule has 1 aromatic carbocycles. The number of sulfone groups is 1. The molecule has 12 nitrogen and oxygen atoms in total. The van der Waals surface area contributed by atoms with E-state index in [1.165, 1.54) is 12.4 Å². The van der Waals surface area contributed by atoms with Gasteiger partial charge in [0.2, 0.25) is 17.8 Å². The van der Waals surface area contributed by atoms with Gasteiger partial charge in [-0.05, 0) is 50.2 Å². The largest absolute Gasteiger partial charge is 0.354 e. The fourth-order valence-electron chi connectivity index (χ4n) is 3.57. The molecule has 1 fully saturated rings. The lowest BCUT2D eigenvalue weighted by Crippen LogP contribution is -2.49. The van der Waals surface area contributed by atoms with Crippen molar-refractivity contribution in [3.8, 4) is 0 Å². The number of nitrogens with one attached hydrogen (secondary N) is 4. The SMILES string of the molecule is CC(C)S(=O)(=O)c1ncccc1Nc1nc(Nc2ccc(NC(=O)CN3CCNC(=O)C3)cc2)ncc1Cl. The Morgan fingerprint density at radius 2 is 1.87 bits per heavy atom. The summed E-state index contributed by atoms with van der Waals surface area (Å²) in [4.78, 5) is 38.2. The quantitative estimate of drug-likeness (QED) is 0.307. The molecule has 3 heterocycles. The molecule has 4 N–H and O–H groups in total. The maximum absolute atomic E-state index is 12.7. The fourth-order valence-corrected chi connectivity index (χ4v) is 4.79. The van der Waals surface area contributed by atoms with Gasteiger partial charge in [-0.3, -0.25) is 14.5 Å². The van der Waals surface area contributed by atoms with Crippen LogP contribution in [-0.4, -0.2) is 71.5 Å². The number of nitrogens with zero attached hydrogens (tertiary/aromatic N) is 4. The van der Waals surface area contributed by atoms with Crippen molar-refractivity contribution in [3.05, 3.63) is 53.8 Å². The van der Waals surface area contributed by atoms with Crippen LogP contribution in [0, 0.1) is 0 Å². The third-order valence-electron chi connectivity index (χ3n) is 5.57. The minimum atomic E-state index is -3.65. The number of rotatable bonds is 9. The lowest BCUT2D eigenvalue weighted by molar-refractivity contribution is -0.125. The third kappa shape index (κ3) is 6.73. The zero-order valence-electron chi connectivity index (χ0n) is 20.7. The van der Waals surface area contributed by atoms with Crippen LogP contribution in [0.1, 0.15) is 13.8 Å². The molecule has 0 bridgehead atoms. The minimum absolute atomic E-state index is 0.0938. The molecule has 4 rings (SSSR count). The molecule has 0 atom stereocenters. The summed E-state index contributed by atoms with van der Waals surface area (Å²) >= 11 is 6.27. The summed E-state index contributed by atoms with van der Waals surface area (Å²) in [6.45, 7) is 4.63. The molecule has 3 aromatic rings. The maximum atomic E-state index is 12.7. The number of benzene rings is 1. The first-order valence-electron chi connectivity index (χ1n) is 11.8. The van der Waals surface area contributed by atoms with Crippen molar-refractivity contribution in [2.24, 2.45) is 0 Å². The summed E-state index contributed by atoms with van der Waals surface area (Å²) in [7, 11) is -3.65. The number of halogens is 1. The van der Waals surface area contributed by atoms with Crippen molar-refractivity contribution < 1.29 is 18.0 Å². The molecule has 2 amide bonds. The van der Waals surface area contributed by atoms with Crippen LogP contribution in [0.5, 0.6) is 0 Å². The predicted molar refractivity (Wildman–Crippen MR) is 145 cm³/mol. The third-order valence-corrected chi connectivity index (χ3v) is 7.95. The molecule has 200 valence electrons. The van der Waals surface area contributed by atoms with Crippen molar-refractivity contribution in [1.29, 1.82) is 0 Å². The number of carbonyl (C=O) groups excluding carboxylic acids is 2. The maximum Gasteiger partial charge on any atom is 0.238 e. The van der Waals surface area contributed by atoms with E-state index in [4.69, 9.17) is 11.6 Å². The van der Waals surface area contributed by atoms with Crippen LogP contribution in [0.4, 0.5) is 28.8 Å². The topological polar surface area (TPSA) is 158 Å². The van der Waals surface area contributed by atoms with E-state index in [1.54, 1.807) is 55.1 Å². The van der Waals surface area contributed by atoms with Gasteiger partial charge in [-0.15, -0.1) is 0 Å². The summed E-state index contributed by atoms with van der Waals surface area (Å²) in [5.74, 6) is 0.108. The molecule has 38 heavy (non-hydrogen) atoms. The highest BCUT2D eigenvalue weighted by molar-refractivity contribution is 7.92. The van der Waals surface area contributed by atoms with Gasteiger partial charge < -0.3 is 21.3 Å². The van der Waals surface area contributed by atoms with Gasteiger partial charge in [0.25, 0.3) is 0 Å². The Morgan fingerprint density at radius 3 is 2.58 bits per heavy atom. The van der Waals surface area contributed by atoms with E-state index >= 15 is 0 Å². The summed E-state index contributed by atoms with van der Waals surface area (Å²) in [6.07, 6.45) is 2.80. The molecular weight excluding hydrogens is 532 g/mol. The summed E-state index contributed by atoms with van der Waals surface area (Å²) in [5.41, 5.74) is 1.49. The second-order valence-electron chi connectivity index (χ2n) is 8.78. The first-order chi connectivity index (χ1) is 18.1. The molecule has 1 aliphatic rings. The standard InChI is InChI=1S/C24H27ClN8O4S/c1-15(2)38(36,37)23-19(4-3-9-27-23)31-22-18(25)12-28-24(32-22)30-17-7-5-16(6-8-17)29-21(35)14-33-11-10-26-20(34)13-33/h3-9,12,15H,10-11,13-14H2,1-2H3,(H,26,34)(H,29,35)(H2,28,30,31,32). The van der Waals surface area contributed by atoms with E-state index in [1.807, 2.05) is 0 Å². The van der Waals surface area contributed by atoms with Gasteiger partial charge in [-0.2, -0.15) is 4.98 Å². The van der Waals surface area contributed by atoms with E-state index in [2.05, 4.69) is 36.2 Å². The van der Waals surface area contributed by atoms with E-state index < -0.39 is 15.1 Å². The van der Waals surface area contributed by atoms with E-state index in [-0.39, 0.29) is 52.4 Å². The van der Waals surface area contributed by atoms with Crippen LogP contribution in [0.15, 0.2) is 53.8 Å². The number of hydrogen-bond donors (Lipinski definition) is 4. The van der Waals surface area contributed by atoms with Crippen LogP contribution in [0.2, 0.25) is 5.02 Å². The van der Waals surface area contributed by atoms with E-state index in [0.717, 1.165) is 0 Å². The van der Waals surface area contributed by atoms with Crippen molar-refractivity contribution in [2.75, 3.05) is 42.1 Å². The molecule has 0 spiro atoms.